The molecule has 1 aromatic heterocycles. The Morgan fingerprint density at radius 2 is 2.00 bits per heavy atom. The Bertz CT molecular complexity index is 946. The van der Waals surface area contributed by atoms with Crippen LogP contribution < -0.4 is 9.47 Å². The lowest BCUT2D eigenvalue weighted by Crippen LogP contribution is -2.11. The number of allylic oxidation sites excluding steroid dienone is 1. The fourth-order valence-electron chi connectivity index (χ4n) is 3.27. The van der Waals surface area contributed by atoms with E-state index in [-0.39, 0.29) is 0 Å². The lowest BCUT2D eigenvalue weighted by Gasteiger charge is -2.14. The minimum absolute atomic E-state index is 0.549. The Morgan fingerprint density at radius 3 is 2.75 bits per heavy atom. The molecule has 0 aliphatic heterocycles. The number of para-hydroxylation sites is 2. The minimum Gasteiger partial charge on any atom is -0.493 e. The van der Waals surface area contributed by atoms with E-state index in [0.717, 1.165) is 46.9 Å². The molecule has 5 heteroatoms. The van der Waals surface area contributed by atoms with Gasteiger partial charge in [0.1, 0.15) is 11.9 Å². The van der Waals surface area contributed by atoms with E-state index in [9.17, 15) is 5.11 Å². The van der Waals surface area contributed by atoms with E-state index >= 15 is 0 Å². The van der Waals surface area contributed by atoms with Crippen molar-refractivity contribution < 1.29 is 14.6 Å². The largest absolute Gasteiger partial charge is 0.493 e. The molecular formula is C23H28N2O3. The van der Waals surface area contributed by atoms with Crippen molar-refractivity contribution in [1.82, 2.24) is 9.55 Å². The predicted octanol–water partition coefficient (Wildman–Crippen LogP) is 4.99. The molecule has 0 bridgehead atoms. The van der Waals surface area contributed by atoms with Crippen molar-refractivity contribution in [2.24, 2.45) is 0 Å². The van der Waals surface area contributed by atoms with Crippen LogP contribution in [0.3, 0.4) is 0 Å². The van der Waals surface area contributed by atoms with Crippen LogP contribution in [0.4, 0.5) is 0 Å². The van der Waals surface area contributed by atoms with Gasteiger partial charge in [0.15, 0.2) is 11.5 Å². The summed E-state index contributed by atoms with van der Waals surface area (Å²) in [4.78, 5) is 4.62. The van der Waals surface area contributed by atoms with E-state index in [1.807, 2.05) is 68.5 Å². The first kappa shape index (κ1) is 20.0. The SMILES string of the molecule is C/C=C\c1ccc(OCCCn2c([C@H](O)CC)nc3ccccc32)c(OC)c1. The number of fused-ring (bicyclic) bond motifs is 1. The number of aliphatic hydroxyl groups excluding tert-OH is 1. The van der Waals surface area contributed by atoms with Gasteiger partial charge in [0.05, 0.1) is 24.8 Å². The molecule has 3 rings (SSSR count). The van der Waals surface area contributed by atoms with Crippen LogP contribution in [0.5, 0.6) is 11.5 Å². The van der Waals surface area contributed by atoms with Gasteiger partial charge in [-0.05, 0) is 49.6 Å². The number of benzene rings is 2. The second-order valence-corrected chi connectivity index (χ2v) is 6.65. The lowest BCUT2D eigenvalue weighted by atomic mass is 10.2. The van der Waals surface area contributed by atoms with E-state index in [1.54, 1.807) is 7.11 Å². The molecule has 148 valence electrons. The molecule has 0 unspecified atom stereocenters. The molecule has 28 heavy (non-hydrogen) atoms. The van der Waals surface area contributed by atoms with Crippen LogP contribution in [0.25, 0.3) is 17.1 Å². The van der Waals surface area contributed by atoms with Gasteiger partial charge < -0.3 is 19.1 Å². The molecule has 0 aliphatic carbocycles. The highest BCUT2D eigenvalue weighted by Crippen LogP contribution is 2.29. The smallest absolute Gasteiger partial charge is 0.161 e. The highest BCUT2D eigenvalue weighted by molar-refractivity contribution is 5.76. The second kappa shape index (κ2) is 9.42. The van der Waals surface area contributed by atoms with Gasteiger partial charge in [-0.1, -0.05) is 37.3 Å². The first-order valence-corrected chi connectivity index (χ1v) is 9.74. The summed E-state index contributed by atoms with van der Waals surface area (Å²) in [5, 5.41) is 10.3. The highest BCUT2D eigenvalue weighted by atomic mass is 16.5. The Hall–Kier alpha value is -2.79. The molecule has 3 aromatic rings. The normalized spacial score (nSPS) is 12.6. The lowest BCUT2D eigenvalue weighted by molar-refractivity contribution is 0.158. The Kier molecular flexibility index (Phi) is 6.71. The van der Waals surface area contributed by atoms with E-state index in [0.29, 0.717) is 13.0 Å². The van der Waals surface area contributed by atoms with Crippen LogP contribution in [0, 0.1) is 0 Å². The first-order chi connectivity index (χ1) is 13.7. The highest BCUT2D eigenvalue weighted by Gasteiger charge is 2.16. The summed E-state index contributed by atoms with van der Waals surface area (Å²) in [6.45, 7) is 5.22. The van der Waals surface area contributed by atoms with E-state index in [4.69, 9.17) is 9.47 Å². The van der Waals surface area contributed by atoms with Gasteiger partial charge in [0.2, 0.25) is 0 Å². The van der Waals surface area contributed by atoms with Gasteiger partial charge in [-0.2, -0.15) is 0 Å². The van der Waals surface area contributed by atoms with Gasteiger partial charge in [-0.3, -0.25) is 0 Å². The molecule has 1 N–H and O–H groups in total. The van der Waals surface area contributed by atoms with E-state index in [2.05, 4.69) is 9.55 Å². The summed E-state index contributed by atoms with van der Waals surface area (Å²) >= 11 is 0. The quantitative estimate of drug-likeness (QED) is 0.531. The maximum absolute atomic E-state index is 10.3. The van der Waals surface area contributed by atoms with Crippen LogP contribution in [-0.4, -0.2) is 28.4 Å². The minimum atomic E-state index is -0.562. The third kappa shape index (κ3) is 4.37. The number of ether oxygens (including phenoxy) is 2. The topological polar surface area (TPSA) is 56.5 Å². The Morgan fingerprint density at radius 1 is 1.18 bits per heavy atom. The predicted molar refractivity (Wildman–Crippen MR) is 113 cm³/mol. The van der Waals surface area contributed by atoms with Crippen LogP contribution >= 0.6 is 0 Å². The third-order valence-electron chi connectivity index (χ3n) is 4.70. The van der Waals surface area contributed by atoms with Crippen molar-refractivity contribution in [3.8, 4) is 11.5 Å². The van der Waals surface area contributed by atoms with Crippen LogP contribution in [-0.2, 0) is 6.54 Å². The van der Waals surface area contributed by atoms with Gasteiger partial charge in [0, 0.05) is 6.54 Å². The standard InChI is InChI=1S/C23H28N2O3/c1-4-9-17-12-13-21(22(16-17)27-3)28-15-8-14-25-19-11-7-6-10-18(19)24-23(25)20(26)5-2/h4,6-7,9-13,16,20,26H,5,8,14-15H2,1-3H3/b9-4-/t20-/m1/s1. The van der Waals surface area contributed by atoms with Crippen molar-refractivity contribution in [3.63, 3.8) is 0 Å². The van der Waals surface area contributed by atoms with Crippen molar-refractivity contribution >= 4 is 17.1 Å². The zero-order chi connectivity index (χ0) is 19.9. The Balaban J connectivity index is 1.69. The van der Waals surface area contributed by atoms with E-state index < -0.39 is 6.10 Å². The molecule has 0 spiro atoms. The average molecular weight is 380 g/mol. The summed E-state index contributed by atoms with van der Waals surface area (Å²) in [5.41, 5.74) is 3.03. The number of rotatable bonds is 9. The number of methoxy groups -OCH3 is 1. The summed E-state index contributed by atoms with van der Waals surface area (Å²) in [5.74, 6) is 2.18. The van der Waals surface area contributed by atoms with Crippen LogP contribution in [0.15, 0.2) is 48.5 Å². The number of hydrogen-bond acceptors (Lipinski definition) is 4. The number of hydrogen-bond donors (Lipinski definition) is 1. The van der Waals surface area contributed by atoms with Gasteiger partial charge >= 0.3 is 0 Å². The fourth-order valence-corrected chi connectivity index (χ4v) is 3.27. The monoisotopic (exact) mass is 380 g/mol. The molecule has 0 fully saturated rings. The molecule has 0 aliphatic rings. The maximum Gasteiger partial charge on any atom is 0.161 e. The molecule has 0 saturated carbocycles. The molecule has 0 amide bonds. The molecule has 1 atom stereocenters. The summed E-state index contributed by atoms with van der Waals surface area (Å²) in [6, 6.07) is 13.9. The zero-order valence-electron chi connectivity index (χ0n) is 16.8. The molecular weight excluding hydrogens is 352 g/mol. The molecule has 0 saturated heterocycles. The van der Waals surface area contributed by atoms with Crippen molar-refractivity contribution in [1.29, 1.82) is 0 Å². The molecule has 2 aromatic carbocycles. The maximum atomic E-state index is 10.3. The average Bonchev–Trinajstić information content (AvgIpc) is 3.10. The number of aromatic nitrogens is 2. The van der Waals surface area contributed by atoms with E-state index in [1.165, 1.54) is 0 Å². The van der Waals surface area contributed by atoms with Gasteiger partial charge in [-0.15, -0.1) is 0 Å². The van der Waals surface area contributed by atoms with Crippen molar-refractivity contribution in [3.05, 3.63) is 59.9 Å². The second-order valence-electron chi connectivity index (χ2n) is 6.65. The van der Waals surface area contributed by atoms with Crippen molar-refractivity contribution in [2.75, 3.05) is 13.7 Å². The zero-order valence-corrected chi connectivity index (χ0v) is 16.8. The fraction of sp³-hybridized carbons (Fsp3) is 0.348. The number of nitrogens with zero attached hydrogens (tertiary/aromatic N) is 2. The van der Waals surface area contributed by atoms with Crippen LogP contribution in [0.1, 0.15) is 44.2 Å². The molecule has 1 heterocycles. The van der Waals surface area contributed by atoms with Crippen LogP contribution in [0.2, 0.25) is 0 Å². The first-order valence-electron chi connectivity index (χ1n) is 9.74. The van der Waals surface area contributed by atoms with Crippen molar-refractivity contribution in [2.45, 2.75) is 39.3 Å². The summed E-state index contributed by atoms with van der Waals surface area (Å²) in [6.07, 6.45) is 4.89. The number of imidazole rings is 1. The molecule has 5 nitrogen and oxygen atoms in total. The Labute approximate surface area is 166 Å². The third-order valence-corrected chi connectivity index (χ3v) is 4.70. The number of aryl methyl sites for hydroxylation is 1. The molecule has 0 radical (unpaired) electrons. The summed E-state index contributed by atoms with van der Waals surface area (Å²) < 4.78 is 13.5. The number of aliphatic hydroxyl groups is 1. The summed E-state index contributed by atoms with van der Waals surface area (Å²) in [7, 11) is 1.65. The van der Waals surface area contributed by atoms with Gasteiger partial charge in [-0.25, -0.2) is 4.98 Å². The van der Waals surface area contributed by atoms with Gasteiger partial charge in [0.25, 0.3) is 0 Å².